The maximum atomic E-state index is 10.1. The van der Waals surface area contributed by atoms with E-state index < -0.39 is 0 Å². The van der Waals surface area contributed by atoms with Gasteiger partial charge < -0.3 is 10.2 Å². The van der Waals surface area contributed by atoms with Crippen molar-refractivity contribution in [3.63, 3.8) is 0 Å². The monoisotopic (exact) mass is 246 g/mol. The van der Waals surface area contributed by atoms with Crippen LogP contribution >= 0.6 is 0 Å². The van der Waals surface area contributed by atoms with Gasteiger partial charge in [0.25, 0.3) is 0 Å². The van der Waals surface area contributed by atoms with E-state index in [4.69, 9.17) is 0 Å². The van der Waals surface area contributed by atoms with Gasteiger partial charge in [0, 0.05) is 5.56 Å². The highest BCUT2D eigenvalue weighted by Crippen LogP contribution is 2.71. The van der Waals surface area contributed by atoms with Gasteiger partial charge in [0.2, 0.25) is 0 Å². The number of benzene rings is 1. The number of hydrogen-bond acceptors (Lipinski definition) is 2. The minimum Gasteiger partial charge on any atom is -0.504 e. The smallest absolute Gasteiger partial charge is 0.160 e. The summed E-state index contributed by atoms with van der Waals surface area (Å²) in [5.41, 5.74) is 1.51. The van der Waals surface area contributed by atoms with Gasteiger partial charge in [0.15, 0.2) is 11.5 Å². The van der Waals surface area contributed by atoms with Crippen molar-refractivity contribution in [1.29, 1.82) is 0 Å². The second-order valence-corrected chi connectivity index (χ2v) is 6.88. The van der Waals surface area contributed by atoms with E-state index in [9.17, 15) is 10.2 Å². The zero-order valence-corrected chi connectivity index (χ0v) is 11.4. The minimum absolute atomic E-state index is 0.0108. The summed E-state index contributed by atoms with van der Waals surface area (Å²) in [5.74, 6) is 1.22. The van der Waals surface area contributed by atoms with Gasteiger partial charge in [-0.15, -0.1) is 0 Å². The molecule has 1 aromatic carbocycles. The third kappa shape index (κ3) is 1.24. The van der Waals surface area contributed by atoms with E-state index in [1.54, 1.807) is 6.07 Å². The third-order valence-corrected chi connectivity index (χ3v) is 6.22. The molecule has 2 saturated carbocycles. The van der Waals surface area contributed by atoms with Gasteiger partial charge >= 0.3 is 0 Å². The number of phenolic OH excluding ortho intramolecular Hbond substituents is 2. The maximum absolute atomic E-state index is 10.1. The Hall–Kier alpha value is -1.18. The molecule has 2 aliphatic carbocycles. The fourth-order valence-corrected chi connectivity index (χ4v) is 4.50. The van der Waals surface area contributed by atoms with Crippen molar-refractivity contribution in [2.75, 3.05) is 0 Å². The molecule has 3 atom stereocenters. The Balaban J connectivity index is 2.08. The quantitative estimate of drug-likeness (QED) is 0.734. The number of fused-ring (bicyclic) bond motifs is 2. The van der Waals surface area contributed by atoms with E-state index in [0.717, 1.165) is 17.9 Å². The Kier molecular flexibility index (Phi) is 2.27. The number of hydrogen-bond donors (Lipinski definition) is 2. The van der Waals surface area contributed by atoms with Gasteiger partial charge in [0.1, 0.15) is 0 Å². The van der Waals surface area contributed by atoms with Crippen LogP contribution < -0.4 is 0 Å². The lowest BCUT2D eigenvalue weighted by molar-refractivity contribution is 0.133. The lowest BCUT2D eigenvalue weighted by atomic mass is 9.65. The Morgan fingerprint density at radius 3 is 2.44 bits per heavy atom. The molecule has 3 unspecified atom stereocenters. The number of rotatable bonds is 1. The van der Waals surface area contributed by atoms with E-state index in [2.05, 4.69) is 20.8 Å². The molecule has 3 rings (SSSR count). The van der Waals surface area contributed by atoms with Crippen molar-refractivity contribution < 1.29 is 10.2 Å². The van der Waals surface area contributed by atoms with Crippen LogP contribution in [0.25, 0.3) is 0 Å². The standard InChI is InChI=1S/C16H22O2/c1-15(2)10-7-8-16(15,3)12(9-10)11-5-4-6-13(17)14(11)18/h4-6,10,12,17-18H,7-9H2,1-3H3. The molecule has 0 amide bonds. The molecule has 98 valence electrons. The Morgan fingerprint density at radius 2 is 1.89 bits per heavy atom. The maximum Gasteiger partial charge on any atom is 0.160 e. The van der Waals surface area contributed by atoms with E-state index in [0.29, 0.717) is 11.3 Å². The fourth-order valence-electron chi connectivity index (χ4n) is 4.50. The lowest BCUT2D eigenvalue weighted by Gasteiger charge is -2.39. The van der Waals surface area contributed by atoms with Crippen LogP contribution in [0.3, 0.4) is 0 Å². The molecule has 1 aromatic rings. The van der Waals surface area contributed by atoms with Gasteiger partial charge in [0.05, 0.1) is 0 Å². The lowest BCUT2D eigenvalue weighted by Crippen LogP contribution is -2.31. The first-order chi connectivity index (χ1) is 8.38. The van der Waals surface area contributed by atoms with E-state index >= 15 is 0 Å². The normalized spacial score (nSPS) is 37.1. The van der Waals surface area contributed by atoms with Gasteiger partial charge in [-0.25, -0.2) is 0 Å². The molecule has 18 heavy (non-hydrogen) atoms. The molecule has 2 N–H and O–H groups in total. The average molecular weight is 246 g/mol. The molecule has 2 bridgehead atoms. The summed E-state index contributed by atoms with van der Waals surface area (Å²) in [5, 5.41) is 19.8. The van der Waals surface area contributed by atoms with Crippen LogP contribution in [0.4, 0.5) is 0 Å². The Labute approximate surface area is 109 Å². The van der Waals surface area contributed by atoms with Crippen LogP contribution in [0.1, 0.15) is 51.5 Å². The zero-order chi connectivity index (χ0) is 13.1. The largest absolute Gasteiger partial charge is 0.504 e. The summed E-state index contributed by atoms with van der Waals surface area (Å²) in [6.45, 7) is 7.09. The Morgan fingerprint density at radius 1 is 1.17 bits per heavy atom. The van der Waals surface area contributed by atoms with E-state index in [1.807, 2.05) is 12.1 Å². The topological polar surface area (TPSA) is 40.5 Å². The SMILES string of the molecule is CC1(C)C2CCC1(C)C(c1cccc(O)c1O)C2. The average Bonchev–Trinajstić information content (AvgIpc) is 2.65. The van der Waals surface area contributed by atoms with E-state index in [1.165, 1.54) is 12.8 Å². The predicted molar refractivity (Wildman–Crippen MR) is 71.7 cm³/mol. The van der Waals surface area contributed by atoms with Gasteiger partial charge in [-0.2, -0.15) is 0 Å². The predicted octanol–water partition coefficient (Wildman–Crippen LogP) is 4.03. The number of aromatic hydroxyl groups is 2. The van der Waals surface area contributed by atoms with Crippen LogP contribution in [0, 0.1) is 16.7 Å². The molecule has 2 aliphatic rings. The number of para-hydroxylation sites is 1. The van der Waals surface area contributed by atoms with Crippen molar-refractivity contribution >= 4 is 0 Å². The molecule has 0 aromatic heterocycles. The highest BCUT2D eigenvalue weighted by molar-refractivity contribution is 5.48. The summed E-state index contributed by atoms with van der Waals surface area (Å²) in [4.78, 5) is 0. The van der Waals surface area contributed by atoms with Gasteiger partial charge in [-0.05, 0) is 48.0 Å². The summed E-state index contributed by atoms with van der Waals surface area (Å²) in [7, 11) is 0. The molecule has 0 heterocycles. The molecule has 2 nitrogen and oxygen atoms in total. The summed E-state index contributed by atoms with van der Waals surface area (Å²) in [6, 6.07) is 5.37. The molecular weight excluding hydrogens is 224 g/mol. The number of phenols is 2. The van der Waals surface area contributed by atoms with Crippen LogP contribution in [0.2, 0.25) is 0 Å². The molecular formula is C16H22O2. The zero-order valence-electron chi connectivity index (χ0n) is 11.4. The molecule has 0 radical (unpaired) electrons. The minimum atomic E-state index is 0.0108. The first kappa shape index (κ1) is 11.9. The molecule has 0 spiro atoms. The van der Waals surface area contributed by atoms with E-state index in [-0.39, 0.29) is 16.9 Å². The highest BCUT2D eigenvalue weighted by Gasteiger charge is 2.61. The molecule has 0 saturated heterocycles. The van der Waals surface area contributed by atoms with Crippen LogP contribution in [0.15, 0.2) is 18.2 Å². The van der Waals surface area contributed by atoms with Crippen LogP contribution in [0.5, 0.6) is 11.5 Å². The van der Waals surface area contributed by atoms with Crippen LogP contribution in [-0.4, -0.2) is 10.2 Å². The fraction of sp³-hybridized carbons (Fsp3) is 0.625. The molecule has 0 aliphatic heterocycles. The van der Waals surface area contributed by atoms with Crippen LogP contribution in [-0.2, 0) is 0 Å². The Bertz CT molecular complexity index is 492. The van der Waals surface area contributed by atoms with Crippen molar-refractivity contribution in [1.82, 2.24) is 0 Å². The van der Waals surface area contributed by atoms with Crippen molar-refractivity contribution in [3.8, 4) is 11.5 Å². The second-order valence-electron chi connectivity index (χ2n) is 6.88. The van der Waals surface area contributed by atoms with Crippen molar-refractivity contribution in [2.45, 2.75) is 46.0 Å². The first-order valence-electron chi connectivity index (χ1n) is 6.89. The third-order valence-electron chi connectivity index (χ3n) is 6.22. The summed E-state index contributed by atoms with van der Waals surface area (Å²) >= 11 is 0. The molecule has 2 heteroatoms. The molecule has 2 fully saturated rings. The van der Waals surface area contributed by atoms with Gasteiger partial charge in [-0.3, -0.25) is 0 Å². The summed E-state index contributed by atoms with van der Waals surface area (Å²) in [6.07, 6.45) is 3.67. The summed E-state index contributed by atoms with van der Waals surface area (Å²) < 4.78 is 0. The first-order valence-corrected chi connectivity index (χ1v) is 6.89. The highest BCUT2D eigenvalue weighted by atomic mass is 16.3. The van der Waals surface area contributed by atoms with Gasteiger partial charge in [-0.1, -0.05) is 32.9 Å². The van der Waals surface area contributed by atoms with Crippen molar-refractivity contribution in [3.05, 3.63) is 23.8 Å². The van der Waals surface area contributed by atoms with Crippen molar-refractivity contribution in [2.24, 2.45) is 16.7 Å². The second kappa shape index (κ2) is 3.43.